The normalized spacial score (nSPS) is 10.5. The van der Waals surface area contributed by atoms with Crippen LogP contribution in [0.3, 0.4) is 0 Å². The van der Waals surface area contributed by atoms with E-state index in [-0.39, 0.29) is 11.5 Å². The molecule has 0 aliphatic carbocycles. The molecule has 0 amide bonds. The fourth-order valence-corrected chi connectivity index (χ4v) is 1.73. The molecule has 0 bridgehead atoms. The van der Waals surface area contributed by atoms with Crippen LogP contribution in [0.25, 0.3) is 0 Å². The Morgan fingerprint density at radius 2 is 1.68 bits per heavy atom. The van der Waals surface area contributed by atoms with Gasteiger partial charge in [0.2, 0.25) is 0 Å². The fraction of sp³-hybridized carbons (Fsp3) is 0.143. The van der Waals surface area contributed by atoms with E-state index in [1.165, 1.54) is 12.1 Å². The molecule has 0 aliphatic rings. The third-order valence-electron chi connectivity index (χ3n) is 2.52. The molecule has 5 heteroatoms. The summed E-state index contributed by atoms with van der Waals surface area (Å²) in [6, 6.07) is 7.09. The molecule has 2 rings (SSSR count). The minimum Gasteiger partial charge on any atom is -0.454 e. The first kappa shape index (κ1) is 13.4. The van der Waals surface area contributed by atoms with Gasteiger partial charge in [0, 0.05) is 18.2 Å². The Kier molecular flexibility index (Phi) is 4.06. The van der Waals surface area contributed by atoms with E-state index in [0.29, 0.717) is 18.5 Å². The first-order valence-corrected chi connectivity index (χ1v) is 5.71. The van der Waals surface area contributed by atoms with Crippen LogP contribution in [0.5, 0.6) is 11.5 Å². The van der Waals surface area contributed by atoms with E-state index >= 15 is 0 Å². The summed E-state index contributed by atoms with van der Waals surface area (Å²) in [4.78, 5) is 0. The van der Waals surface area contributed by atoms with Gasteiger partial charge in [0.25, 0.3) is 0 Å². The van der Waals surface area contributed by atoms with Gasteiger partial charge in [0.1, 0.15) is 17.4 Å². The molecule has 0 atom stereocenters. The van der Waals surface area contributed by atoms with Crippen molar-refractivity contribution in [1.82, 2.24) is 0 Å². The van der Waals surface area contributed by atoms with Gasteiger partial charge in [-0.1, -0.05) is 12.1 Å². The van der Waals surface area contributed by atoms with Crippen LogP contribution in [0.15, 0.2) is 36.4 Å². The van der Waals surface area contributed by atoms with Gasteiger partial charge in [-0.2, -0.15) is 0 Å². The van der Waals surface area contributed by atoms with Crippen LogP contribution in [-0.4, -0.2) is 6.54 Å². The quantitative estimate of drug-likeness (QED) is 0.921. The molecule has 19 heavy (non-hydrogen) atoms. The Morgan fingerprint density at radius 3 is 2.32 bits per heavy atom. The monoisotopic (exact) mass is 267 g/mol. The lowest BCUT2D eigenvalue weighted by Gasteiger charge is -2.11. The first-order chi connectivity index (χ1) is 9.10. The molecular weight excluding hydrogens is 255 g/mol. The average Bonchev–Trinajstić information content (AvgIpc) is 2.32. The van der Waals surface area contributed by atoms with Gasteiger partial charge >= 0.3 is 0 Å². The molecule has 2 N–H and O–H groups in total. The number of nitrogens with two attached hydrogens (primary N) is 1. The van der Waals surface area contributed by atoms with Gasteiger partial charge in [-0.05, 0) is 24.6 Å². The topological polar surface area (TPSA) is 35.2 Å². The van der Waals surface area contributed by atoms with Crippen molar-refractivity contribution >= 4 is 0 Å². The van der Waals surface area contributed by atoms with Crippen LogP contribution in [0.2, 0.25) is 0 Å². The number of benzene rings is 2. The number of para-hydroxylation sites is 1. The predicted molar refractivity (Wildman–Crippen MR) is 65.6 cm³/mol. The van der Waals surface area contributed by atoms with Crippen molar-refractivity contribution in [3.05, 3.63) is 59.4 Å². The Balaban J connectivity index is 2.36. The van der Waals surface area contributed by atoms with Crippen LogP contribution in [0, 0.1) is 17.5 Å². The van der Waals surface area contributed by atoms with Crippen molar-refractivity contribution in [2.24, 2.45) is 5.73 Å². The summed E-state index contributed by atoms with van der Waals surface area (Å²) >= 11 is 0. The molecule has 100 valence electrons. The number of rotatable bonds is 4. The van der Waals surface area contributed by atoms with Crippen LogP contribution in [0.4, 0.5) is 13.2 Å². The summed E-state index contributed by atoms with van der Waals surface area (Å²) in [6.07, 6.45) is 0.408. The zero-order valence-electron chi connectivity index (χ0n) is 10.00. The van der Waals surface area contributed by atoms with E-state index in [1.54, 1.807) is 6.07 Å². The molecule has 0 saturated heterocycles. The highest BCUT2D eigenvalue weighted by Gasteiger charge is 2.11. The van der Waals surface area contributed by atoms with Crippen molar-refractivity contribution in [1.29, 1.82) is 0 Å². The van der Waals surface area contributed by atoms with Crippen molar-refractivity contribution in [2.75, 3.05) is 6.54 Å². The highest BCUT2D eigenvalue weighted by atomic mass is 19.1. The number of hydrogen-bond acceptors (Lipinski definition) is 2. The van der Waals surface area contributed by atoms with E-state index in [9.17, 15) is 13.2 Å². The zero-order valence-corrected chi connectivity index (χ0v) is 10.00. The molecule has 0 unspecified atom stereocenters. The van der Waals surface area contributed by atoms with Crippen LogP contribution in [0.1, 0.15) is 5.56 Å². The molecule has 2 aromatic rings. The lowest BCUT2D eigenvalue weighted by atomic mass is 10.1. The van der Waals surface area contributed by atoms with E-state index in [4.69, 9.17) is 10.5 Å². The van der Waals surface area contributed by atoms with Crippen LogP contribution >= 0.6 is 0 Å². The minimum atomic E-state index is -0.785. The standard InChI is InChI=1S/C14H12F3NO/c15-10-6-11(16)8-12(7-10)19-14-9(4-5-18)2-1-3-13(14)17/h1-3,6-8H,4-5,18H2. The minimum absolute atomic E-state index is 0.0575. The molecular formula is C14H12F3NO. The van der Waals surface area contributed by atoms with Gasteiger partial charge < -0.3 is 10.5 Å². The second-order valence-electron chi connectivity index (χ2n) is 3.97. The lowest BCUT2D eigenvalue weighted by Crippen LogP contribution is -2.05. The number of hydrogen-bond donors (Lipinski definition) is 1. The summed E-state index contributed by atoms with van der Waals surface area (Å²) < 4.78 is 45.0. The number of ether oxygens (including phenoxy) is 1. The molecule has 0 fully saturated rings. The second-order valence-corrected chi connectivity index (χ2v) is 3.97. The largest absolute Gasteiger partial charge is 0.454 e. The molecule has 0 spiro atoms. The molecule has 0 heterocycles. The van der Waals surface area contributed by atoms with Crippen molar-refractivity contribution < 1.29 is 17.9 Å². The lowest BCUT2D eigenvalue weighted by molar-refractivity contribution is 0.428. The molecule has 0 aliphatic heterocycles. The maximum absolute atomic E-state index is 13.7. The summed E-state index contributed by atoms with van der Waals surface area (Å²) in [6.45, 7) is 0.317. The zero-order chi connectivity index (χ0) is 13.8. The maximum atomic E-state index is 13.7. The summed E-state index contributed by atoms with van der Waals surface area (Å²) in [5, 5.41) is 0. The van der Waals surface area contributed by atoms with Crippen molar-refractivity contribution in [3.8, 4) is 11.5 Å². The Labute approximate surface area is 108 Å². The average molecular weight is 267 g/mol. The van der Waals surface area contributed by atoms with E-state index in [2.05, 4.69) is 0 Å². The van der Waals surface area contributed by atoms with Gasteiger partial charge in [-0.25, -0.2) is 13.2 Å². The van der Waals surface area contributed by atoms with E-state index in [1.807, 2.05) is 0 Å². The Morgan fingerprint density at radius 1 is 1.00 bits per heavy atom. The molecule has 2 aromatic carbocycles. The Hall–Kier alpha value is -2.01. The SMILES string of the molecule is NCCc1cccc(F)c1Oc1cc(F)cc(F)c1. The molecule has 0 radical (unpaired) electrons. The molecule has 0 aromatic heterocycles. The van der Waals surface area contributed by atoms with Crippen LogP contribution < -0.4 is 10.5 Å². The highest BCUT2D eigenvalue weighted by Crippen LogP contribution is 2.29. The second kappa shape index (κ2) is 5.75. The van der Waals surface area contributed by atoms with Gasteiger partial charge in [-0.15, -0.1) is 0 Å². The van der Waals surface area contributed by atoms with Crippen molar-refractivity contribution in [3.63, 3.8) is 0 Å². The van der Waals surface area contributed by atoms with Crippen LogP contribution in [-0.2, 0) is 6.42 Å². The van der Waals surface area contributed by atoms with Gasteiger partial charge in [0.15, 0.2) is 11.6 Å². The molecule has 0 saturated carbocycles. The smallest absolute Gasteiger partial charge is 0.166 e. The first-order valence-electron chi connectivity index (χ1n) is 5.71. The van der Waals surface area contributed by atoms with Gasteiger partial charge in [0.05, 0.1) is 0 Å². The summed E-state index contributed by atoms with van der Waals surface area (Å²) in [5.74, 6) is -2.33. The third kappa shape index (κ3) is 3.26. The third-order valence-corrected chi connectivity index (χ3v) is 2.52. The van der Waals surface area contributed by atoms with E-state index in [0.717, 1.165) is 18.2 Å². The summed E-state index contributed by atoms with van der Waals surface area (Å²) in [7, 11) is 0. The Bertz CT molecular complexity index is 567. The predicted octanol–water partition coefficient (Wildman–Crippen LogP) is 3.40. The maximum Gasteiger partial charge on any atom is 0.166 e. The van der Waals surface area contributed by atoms with Crippen molar-refractivity contribution in [2.45, 2.75) is 6.42 Å². The molecule has 2 nitrogen and oxygen atoms in total. The number of halogens is 3. The van der Waals surface area contributed by atoms with Gasteiger partial charge in [-0.3, -0.25) is 0 Å². The fourth-order valence-electron chi connectivity index (χ4n) is 1.73. The van der Waals surface area contributed by atoms with E-state index < -0.39 is 17.5 Å². The summed E-state index contributed by atoms with van der Waals surface area (Å²) in [5.41, 5.74) is 5.97. The highest BCUT2D eigenvalue weighted by molar-refractivity contribution is 5.39.